The summed E-state index contributed by atoms with van der Waals surface area (Å²) in [5.74, 6) is 1.53. The lowest BCUT2D eigenvalue weighted by Gasteiger charge is -2.11. The molecule has 0 N–H and O–H groups in total. The summed E-state index contributed by atoms with van der Waals surface area (Å²) in [6, 6.07) is 19.8. The third-order valence-electron chi connectivity index (χ3n) is 5.79. The molecule has 5 heteroatoms. The number of ether oxygens (including phenoxy) is 2. The van der Waals surface area contributed by atoms with Crippen LogP contribution in [0.15, 0.2) is 77.1 Å². The van der Waals surface area contributed by atoms with Gasteiger partial charge >= 0.3 is 0 Å². The highest BCUT2D eigenvalue weighted by Crippen LogP contribution is 2.40. The fraction of sp³-hybridized carbons (Fsp3) is 0.148. The zero-order valence-electron chi connectivity index (χ0n) is 17.9. The van der Waals surface area contributed by atoms with Crippen LogP contribution in [0.1, 0.15) is 34.0 Å². The molecule has 0 bridgehead atoms. The Balaban J connectivity index is 1.43. The van der Waals surface area contributed by atoms with Crippen LogP contribution in [0.5, 0.6) is 11.5 Å². The van der Waals surface area contributed by atoms with E-state index in [1.165, 1.54) is 0 Å². The molecule has 0 spiro atoms. The molecule has 0 radical (unpaired) electrons. The first-order valence-corrected chi connectivity index (χ1v) is 11.4. The SMILES string of the molecule is CCn1cc(/C=C2/Oc3c(ccc(OCc4ccc(Br)cc4)c3C)C2=O)c2ccccc21. The molecule has 0 unspecified atom stereocenters. The number of hydrogen-bond donors (Lipinski definition) is 0. The van der Waals surface area contributed by atoms with Crippen molar-refractivity contribution in [3.8, 4) is 11.5 Å². The number of carbonyl (C=O) groups excluding carboxylic acids is 1. The number of carbonyl (C=O) groups is 1. The Bertz CT molecular complexity index is 1370. The number of halogens is 1. The molecule has 1 aliphatic rings. The van der Waals surface area contributed by atoms with E-state index >= 15 is 0 Å². The van der Waals surface area contributed by atoms with Gasteiger partial charge in [-0.25, -0.2) is 0 Å². The van der Waals surface area contributed by atoms with E-state index in [0.717, 1.165) is 38.6 Å². The van der Waals surface area contributed by atoms with Crippen molar-refractivity contribution in [1.29, 1.82) is 0 Å². The average Bonchev–Trinajstić information content (AvgIpc) is 3.33. The topological polar surface area (TPSA) is 40.5 Å². The Kier molecular flexibility index (Phi) is 5.35. The van der Waals surface area contributed by atoms with Gasteiger partial charge in [-0.3, -0.25) is 4.79 Å². The maximum absolute atomic E-state index is 13.0. The third kappa shape index (κ3) is 3.63. The zero-order valence-corrected chi connectivity index (χ0v) is 19.5. The van der Waals surface area contributed by atoms with Crippen LogP contribution in [-0.4, -0.2) is 10.4 Å². The highest BCUT2D eigenvalue weighted by atomic mass is 79.9. The van der Waals surface area contributed by atoms with Crippen molar-refractivity contribution in [2.45, 2.75) is 27.0 Å². The second-order valence-corrected chi connectivity index (χ2v) is 8.72. The lowest BCUT2D eigenvalue weighted by atomic mass is 10.1. The molecule has 4 aromatic rings. The van der Waals surface area contributed by atoms with Crippen LogP contribution in [0.25, 0.3) is 17.0 Å². The van der Waals surface area contributed by atoms with E-state index in [1.807, 2.05) is 55.5 Å². The van der Waals surface area contributed by atoms with E-state index < -0.39 is 0 Å². The van der Waals surface area contributed by atoms with Gasteiger partial charge in [-0.2, -0.15) is 0 Å². The van der Waals surface area contributed by atoms with Crippen molar-refractivity contribution in [3.05, 3.63) is 99.3 Å². The van der Waals surface area contributed by atoms with Gasteiger partial charge in [0.1, 0.15) is 18.1 Å². The minimum absolute atomic E-state index is 0.101. The molecular weight excluding hydrogens is 466 g/mol. The number of ketones is 1. The molecule has 5 rings (SSSR count). The summed E-state index contributed by atoms with van der Waals surface area (Å²) in [6.07, 6.45) is 3.91. The van der Waals surface area contributed by atoms with Crippen molar-refractivity contribution < 1.29 is 14.3 Å². The van der Waals surface area contributed by atoms with E-state index in [2.05, 4.69) is 45.8 Å². The van der Waals surface area contributed by atoms with Crippen molar-refractivity contribution in [3.63, 3.8) is 0 Å². The molecule has 4 nitrogen and oxygen atoms in total. The van der Waals surface area contributed by atoms with Crippen LogP contribution in [0, 0.1) is 6.92 Å². The maximum atomic E-state index is 13.0. The maximum Gasteiger partial charge on any atom is 0.231 e. The first kappa shape index (κ1) is 20.6. The summed E-state index contributed by atoms with van der Waals surface area (Å²) in [7, 11) is 0. The molecule has 160 valence electrons. The molecule has 0 atom stereocenters. The number of hydrogen-bond acceptors (Lipinski definition) is 3. The Hall–Kier alpha value is -3.31. The van der Waals surface area contributed by atoms with Gasteiger partial charge in [0.05, 0.1) is 5.56 Å². The number of aryl methyl sites for hydroxylation is 1. The predicted molar refractivity (Wildman–Crippen MR) is 130 cm³/mol. The number of allylic oxidation sites excluding steroid dienone is 1. The fourth-order valence-corrected chi connectivity index (χ4v) is 4.32. The molecular formula is C27H22BrNO3. The number of rotatable bonds is 5. The monoisotopic (exact) mass is 487 g/mol. The molecule has 1 aromatic heterocycles. The Labute approximate surface area is 195 Å². The summed E-state index contributed by atoms with van der Waals surface area (Å²) >= 11 is 3.44. The molecule has 0 saturated heterocycles. The highest BCUT2D eigenvalue weighted by molar-refractivity contribution is 9.10. The molecule has 0 fully saturated rings. The Morgan fingerprint density at radius 1 is 1.06 bits per heavy atom. The van der Waals surface area contributed by atoms with Gasteiger partial charge in [0.25, 0.3) is 0 Å². The highest BCUT2D eigenvalue weighted by Gasteiger charge is 2.30. The normalized spacial score (nSPS) is 14.1. The van der Waals surface area contributed by atoms with Crippen molar-refractivity contribution >= 4 is 38.7 Å². The minimum Gasteiger partial charge on any atom is -0.488 e. The summed E-state index contributed by atoms with van der Waals surface area (Å²) in [5.41, 5.74) is 4.59. The van der Waals surface area contributed by atoms with Crippen molar-refractivity contribution in [1.82, 2.24) is 4.57 Å². The predicted octanol–water partition coefficient (Wildman–Crippen LogP) is 6.93. The van der Waals surface area contributed by atoms with Crippen LogP contribution in [0.4, 0.5) is 0 Å². The van der Waals surface area contributed by atoms with E-state index in [9.17, 15) is 4.79 Å². The van der Waals surface area contributed by atoms with Gasteiger partial charge in [-0.15, -0.1) is 0 Å². The lowest BCUT2D eigenvalue weighted by molar-refractivity contribution is 0.101. The van der Waals surface area contributed by atoms with Crippen LogP contribution >= 0.6 is 15.9 Å². The quantitative estimate of drug-likeness (QED) is 0.286. The van der Waals surface area contributed by atoms with Gasteiger partial charge in [0.15, 0.2) is 5.76 Å². The van der Waals surface area contributed by atoms with Gasteiger partial charge in [0.2, 0.25) is 5.78 Å². The van der Waals surface area contributed by atoms with Gasteiger partial charge in [-0.1, -0.05) is 46.3 Å². The standard InChI is InChI=1S/C27H22BrNO3/c1-3-29-15-19(21-6-4-5-7-23(21)29)14-25-26(30)22-12-13-24(17(2)27(22)32-25)31-16-18-8-10-20(28)11-9-18/h4-15H,3,16H2,1-2H3/b25-14+. The number of benzene rings is 3. The fourth-order valence-electron chi connectivity index (χ4n) is 4.06. The molecule has 1 aliphatic heterocycles. The summed E-state index contributed by atoms with van der Waals surface area (Å²) < 4.78 is 15.3. The molecule has 0 amide bonds. The van der Waals surface area contributed by atoms with E-state index in [1.54, 1.807) is 6.07 Å². The number of fused-ring (bicyclic) bond motifs is 2. The first-order valence-electron chi connectivity index (χ1n) is 10.6. The van der Waals surface area contributed by atoms with E-state index in [0.29, 0.717) is 29.4 Å². The first-order chi connectivity index (χ1) is 15.5. The van der Waals surface area contributed by atoms with Gasteiger partial charge in [0, 0.05) is 39.2 Å². The third-order valence-corrected chi connectivity index (χ3v) is 6.32. The molecule has 0 saturated carbocycles. The van der Waals surface area contributed by atoms with Crippen LogP contribution in [0.3, 0.4) is 0 Å². The molecule has 2 heterocycles. The number of Topliss-reactive ketones (excluding diaryl/α,β-unsaturated/α-hetero) is 1. The largest absolute Gasteiger partial charge is 0.488 e. The summed E-state index contributed by atoms with van der Waals surface area (Å²) in [6.45, 7) is 5.33. The smallest absolute Gasteiger partial charge is 0.231 e. The van der Waals surface area contributed by atoms with Gasteiger partial charge in [-0.05, 0) is 55.8 Å². The summed E-state index contributed by atoms with van der Waals surface area (Å²) in [4.78, 5) is 13.0. The Morgan fingerprint density at radius 3 is 2.62 bits per heavy atom. The van der Waals surface area contributed by atoms with E-state index in [4.69, 9.17) is 9.47 Å². The minimum atomic E-state index is -0.101. The number of aromatic nitrogens is 1. The molecule has 0 aliphatic carbocycles. The van der Waals surface area contributed by atoms with E-state index in [-0.39, 0.29) is 5.78 Å². The summed E-state index contributed by atoms with van der Waals surface area (Å²) in [5, 5.41) is 1.10. The molecule has 32 heavy (non-hydrogen) atoms. The van der Waals surface area contributed by atoms with Crippen LogP contribution in [-0.2, 0) is 13.2 Å². The van der Waals surface area contributed by atoms with Crippen molar-refractivity contribution in [2.75, 3.05) is 0 Å². The second kappa shape index (κ2) is 8.32. The number of nitrogens with zero attached hydrogens (tertiary/aromatic N) is 1. The lowest BCUT2D eigenvalue weighted by Crippen LogP contribution is -1.98. The Morgan fingerprint density at radius 2 is 1.84 bits per heavy atom. The van der Waals surface area contributed by atoms with Crippen LogP contribution in [0.2, 0.25) is 0 Å². The number of para-hydroxylation sites is 1. The van der Waals surface area contributed by atoms with Crippen LogP contribution < -0.4 is 9.47 Å². The second-order valence-electron chi connectivity index (χ2n) is 7.81. The average molecular weight is 488 g/mol. The van der Waals surface area contributed by atoms with Crippen molar-refractivity contribution in [2.24, 2.45) is 0 Å². The van der Waals surface area contributed by atoms with Gasteiger partial charge < -0.3 is 14.0 Å². The molecule has 3 aromatic carbocycles. The zero-order chi connectivity index (χ0) is 22.2.